The summed E-state index contributed by atoms with van der Waals surface area (Å²) >= 11 is 0. The number of hydrogen-bond donors (Lipinski definition) is 1. The van der Waals surface area contributed by atoms with Gasteiger partial charge in [-0.15, -0.1) is 10.2 Å². The summed E-state index contributed by atoms with van der Waals surface area (Å²) in [4.78, 5) is 2.31. The fourth-order valence-electron chi connectivity index (χ4n) is 5.08. The van der Waals surface area contributed by atoms with Crippen LogP contribution in [0.2, 0.25) is 0 Å². The molecule has 0 spiro atoms. The largest absolute Gasteiger partial charge is 0.508 e. The molecule has 1 atom stereocenters. The van der Waals surface area contributed by atoms with Crippen LogP contribution in [0.25, 0.3) is 12.2 Å². The van der Waals surface area contributed by atoms with Gasteiger partial charge in [0.1, 0.15) is 11.6 Å². The second-order valence-electron chi connectivity index (χ2n) is 9.50. The number of aromatic hydroxyl groups is 1. The molecule has 2 aliphatic rings. The van der Waals surface area contributed by atoms with Crippen molar-refractivity contribution in [3.8, 4) is 5.75 Å². The van der Waals surface area contributed by atoms with Crippen LogP contribution in [0.5, 0.6) is 5.75 Å². The molecule has 1 N–H and O–H groups in total. The van der Waals surface area contributed by atoms with E-state index in [0.717, 1.165) is 59.6 Å². The Labute approximate surface area is 203 Å². The number of nitrogens with zero attached hydrogens (tertiary/aromatic N) is 3. The first-order valence-electron chi connectivity index (χ1n) is 12.0. The minimum absolute atomic E-state index is 0.251. The summed E-state index contributed by atoms with van der Waals surface area (Å²) in [7, 11) is 0. The monoisotopic (exact) mass is 467 g/mol. The molecule has 5 nitrogen and oxygen atoms in total. The van der Waals surface area contributed by atoms with E-state index in [-0.39, 0.29) is 11.6 Å². The van der Waals surface area contributed by atoms with E-state index in [1.54, 1.807) is 6.07 Å². The quantitative estimate of drug-likeness (QED) is 0.374. The van der Waals surface area contributed by atoms with Gasteiger partial charge in [-0.2, -0.15) is 0 Å². The summed E-state index contributed by atoms with van der Waals surface area (Å²) in [5, 5.41) is 18.3. The van der Waals surface area contributed by atoms with Crippen LogP contribution >= 0.6 is 0 Å². The molecule has 0 bridgehead atoms. The molecule has 1 saturated carbocycles. The zero-order valence-electron chi connectivity index (χ0n) is 19.5. The Morgan fingerprint density at radius 1 is 1.00 bits per heavy atom. The summed E-state index contributed by atoms with van der Waals surface area (Å²) in [6.45, 7) is 2.94. The summed E-state index contributed by atoms with van der Waals surface area (Å²) in [5.74, 6) is 1.71. The average molecular weight is 468 g/mol. The molecule has 176 valence electrons. The van der Waals surface area contributed by atoms with Gasteiger partial charge < -0.3 is 14.4 Å². The van der Waals surface area contributed by atoms with Crippen LogP contribution in [0.3, 0.4) is 0 Å². The van der Waals surface area contributed by atoms with Crippen LogP contribution in [-0.2, 0) is 12.0 Å². The molecule has 35 heavy (non-hydrogen) atoms. The number of hydrogen-bond acceptors (Lipinski definition) is 5. The van der Waals surface area contributed by atoms with Crippen molar-refractivity contribution in [2.75, 3.05) is 11.4 Å². The van der Waals surface area contributed by atoms with Crippen LogP contribution in [0.15, 0.2) is 71.1 Å². The van der Waals surface area contributed by atoms with E-state index >= 15 is 0 Å². The molecule has 6 heteroatoms. The topological polar surface area (TPSA) is 62.4 Å². The average Bonchev–Trinajstić information content (AvgIpc) is 3.61. The number of phenols is 1. The molecule has 1 aromatic heterocycles. The van der Waals surface area contributed by atoms with E-state index in [2.05, 4.69) is 46.3 Å². The Hall–Kier alpha value is -3.93. The van der Waals surface area contributed by atoms with Gasteiger partial charge >= 0.3 is 0 Å². The molecular formula is C29H26FN3O2. The molecule has 2 heterocycles. The Bertz CT molecular complexity index is 1390. The third-order valence-corrected chi connectivity index (χ3v) is 7.17. The molecule has 4 aromatic rings. The number of aromatic nitrogens is 2. The lowest BCUT2D eigenvalue weighted by molar-refractivity contribution is 0.463. The lowest BCUT2D eigenvalue weighted by Gasteiger charge is -2.48. The second-order valence-corrected chi connectivity index (χ2v) is 9.50. The van der Waals surface area contributed by atoms with E-state index in [4.69, 9.17) is 4.42 Å². The maximum atomic E-state index is 13.7. The third-order valence-electron chi connectivity index (χ3n) is 7.17. The number of anilines is 1. The minimum Gasteiger partial charge on any atom is -0.508 e. The fraction of sp³-hybridized carbons (Fsp3) is 0.241. The normalized spacial score (nSPS) is 19.8. The highest BCUT2D eigenvalue weighted by Gasteiger charge is 2.40. The maximum Gasteiger partial charge on any atom is 0.240 e. The fourth-order valence-corrected chi connectivity index (χ4v) is 5.08. The Morgan fingerprint density at radius 3 is 2.51 bits per heavy atom. The van der Waals surface area contributed by atoms with Gasteiger partial charge in [0.2, 0.25) is 11.8 Å². The Kier molecular flexibility index (Phi) is 5.17. The van der Waals surface area contributed by atoms with Crippen molar-refractivity contribution in [1.29, 1.82) is 0 Å². The number of fused-ring (bicyclic) bond motifs is 1. The van der Waals surface area contributed by atoms with Crippen molar-refractivity contribution in [2.24, 2.45) is 0 Å². The van der Waals surface area contributed by atoms with Crippen LogP contribution in [0, 0.1) is 5.82 Å². The van der Waals surface area contributed by atoms with Crippen molar-refractivity contribution in [2.45, 2.75) is 37.6 Å². The molecule has 1 unspecified atom stereocenters. The van der Waals surface area contributed by atoms with Gasteiger partial charge in [-0.05, 0) is 90.9 Å². The molecule has 1 fully saturated rings. The standard InChI is InChI=1S/C29H26FN3O2/c1-29(22-7-2-19(3-8-22)4-15-27-31-32-28(35-27)20-5-6-20)26-14-13-25(34)18-21(26)16-17-33(29)24-11-9-23(30)10-12-24/h2-4,7-15,18,20,34H,5-6,16-17H2,1H3/b15-4+. The second kappa shape index (κ2) is 8.38. The lowest BCUT2D eigenvalue weighted by Crippen LogP contribution is -2.49. The molecule has 0 radical (unpaired) electrons. The molecule has 3 aromatic carbocycles. The van der Waals surface area contributed by atoms with E-state index < -0.39 is 5.54 Å². The highest BCUT2D eigenvalue weighted by Crippen LogP contribution is 2.44. The minimum atomic E-state index is -0.493. The zero-order chi connectivity index (χ0) is 24.0. The van der Waals surface area contributed by atoms with Gasteiger partial charge in [0.25, 0.3) is 0 Å². The van der Waals surface area contributed by atoms with Crippen molar-refractivity contribution in [3.63, 3.8) is 0 Å². The van der Waals surface area contributed by atoms with E-state index in [1.807, 2.05) is 36.4 Å². The van der Waals surface area contributed by atoms with Gasteiger partial charge in [-0.1, -0.05) is 30.3 Å². The van der Waals surface area contributed by atoms with Crippen molar-refractivity contribution >= 4 is 17.8 Å². The van der Waals surface area contributed by atoms with Crippen LogP contribution in [-0.4, -0.2) is 21.8 Å². The number of benzene rings is 3. The van der Waals surface area contributed by atoms with E-state index in [9.17, 15) is 9.50 Å². The first-order valence-corrected chi connectivity index (χ1v) is 12.0. The molecule has 0 saturated heterocycles. The maximum absolute atomic E-state index is 13.7. The van der Waals surface area contributed by atoms with Gasteiger partial charge in [0.15, 0.2) is 0 Å². The summed E-state index contributed by atoms with van der Waals surface area (Å²) < 4.78 is 19.4. The van der Waals surface area contributed by atoms with Crippen LogP contribution in [0.1, 0.15) is 59.7 Å². The summed E-state index contributed by atoms with van der Waals surface area (Å²) in [6.07, 6.45) is 6.87. The van der Waals surface area contributed by atoms with Crippen molar-refractivity contribution in [3.05, 3.63) is 107 Å². The van der Waals surface area contributed by atoms with Crippen LogP contribution in [0.4, 0.5) is 10.1 Å². The zero-order valence-corrected chi connectivity index (χ0v) is 19.5. The number of rotatable bonds is 5. The van der Waals surface area contributed by atoms with Crippen molar-refractivity contribution < 1.29 is 13.9 Å². The molecular weight excluding hydrogens is 441 g/mol. The number of phenolic OH excluding ortho intramolecular Hbond substituents is 1. The van der Waals surface area contributed by atoms with Gasteiger partial charge in [0.05, 0.1) is 5.54 Å². The smallest absolute Gasteiger partial charge is 0.240 e. The summed E-state index contributed by atoms with van der Waals surface area (Å²) in [5.41, 5.74) is 4.86. The predicted molar refractivity (Wildman–Crippen MR) is 134 cm³/mol. The lowest BCUT2D eigenvalue weighted by atomic mass is 9.76. The van der Waals surface area contributed by atoms with Crippen molar-refractivity contribution in [1.82, 2.24) is 10.2 Å². The molecule has 0 amide bonds. The van der Waals surface area contributed by atoms with Gasteiger partial charge in [0, 0.05) is 24.2 Å². The highest BCUT2D eigenvalue weighted by atomic mass is 19.1. The van der Waals surface area contributed by atoms with Crippen LogP contribution < -0.4 is 4.90 Å². The molecule has 1 aliphatic heterocycles. The number of halogens is 1. The first-order chi connectivity index (χ1) is 17.0. The van der Waals surface area contributed by atoms with E-state index in [0.29, 0.717) is 11.8 Å². The first kappa shape index (κ1) is 21.6. The van der Waals surface area contributed by atoms with Gasteiger partial charge in [-0.25, -0.2) is 4.39 Å². The molecule has 1 aliphatic carbocycles. The van der Waals surface area contributed by atoms with E-state index in [1.165, 1.54) is 12.1 Å². The third kappa shape index (κ3) is 3.99. The Morgan fingerprint density at radius 2 is 1.77 bits per heavy atom. The SMILES string of the molecule is CC1(c2ccc(/C=C/c3nnc(C4CC4)o3)cc2)c2ccc(O)cc2CCN1c1ccc(F)cc1. The Balaban J connectivity index is 1.35. The predicted octanol–water partition coefficient (Wildman–Crippen LogP) is 6.29. The summed E-state index contributed by atoms with van der Waals surface area (Å²) in [6, 6.07) is 20.7. The highest BCUT2D eigenvalue weighted by molar-refractivity contribution is 5.67. The van der Waals surface area contributed by atoms with Gasteiger partial charge in [-0.3, -0.25) is 0 Å². The molecule has 6 rings (SSSR count).